The predicted octanol–water partition coefficient (Wildman–Crippen LogP) is 19.0. The molecule has 0 atom stereocenters. The predicted molar refractivity (Wildman–Crippen MR) is 304 cm³/mol. The third-order valence-electron chi connectivity index (χ3n) is 17.9. The van der Waals surface area contributed by atoms with E-state index in [-0.39, 0.29) is 0 Å². The van der Waals surface area contributed by atoms with E-state index in [4.69, 9.17) is 17.7 Å². The molecule has 4 aliphatic rings. The third-order valence-corrected chi connectivity index (χ3v) is 17.9. The molecule has 15 aromatic rings. The van der Waals surface area contributed by atoms with Gasteiger partial charge in [-0.3, -0.25) is 0 Å². The summed E-state index contributed by atoms with van der Waals surface area (Å²) in [6, 6.07) is 84.6. The van der Waals surface area contributed by atoms with E-state index in [0.717, 1.165) is 88.5 Å². The van der Waals surface area contributed by atoms with Crippen LogP contribution in [-0.2, 0) is 10.8 Å². The van der Waals surface area contributed by atoms with Crippen LogP contribution in [0.4, 0.5) is 0 Å². The van der Waals surface area contributed by atoms with Crippen LogP contribution in [0.25, 0.3) is 133 Å². The Kier molecular flexibility index (Phi) is 7.10. The van der Waals surface area contributed by atoms with Gasteiger partial charge in [-0.15, -0.1) is 0 Å². The number of hydrogen-bond donors (Lipinski definition) is 0. The molecule has 4 heterocycles. The lowest BCUT2D eigenvalue weighted by molar-refractivity contribution is 0.625. The molecule has 0 aliphatic heterocycles. The molecular formula is C72H38O4. The minimum absolute atomic E-state index is 0.729. The SMILES string of the molecule is c1ccc2c(c1)-c1ccccc1C21c2cc3c(cc2-c2c1cc(-c1cc4ccccc4o1)c1oc4ccccc4c21)C1(c2ccccc2-c2ccccc21)c1cc(-c2cc4ccccc4o2)c2oc4ccccc4c2c1-3. The number of hydrogen-bond acceptors (Lipinski definition) is 4. The molecule has 0 fully saturated rings. The van der Waals surface area contributed by atoms with Gasteiger partial charge < -0.3 is 17.7 Å². The average molecular weight is 967 g/mol. The lowest BCUT2D eigenvalue weighted by atomic mass is 9.68. The molecule has 0 saturated carbocycles. The first-order chi connectivity index (χ1) is 37.7. The molecule has 0 bridgehead atoms. The summed E-state index contributed by atoms with van der Waals surface area (Å²) < 4.78 is 28.1. The highest BCUT2D eigenvalue weighted by atomic mass is 16.4. The normalized spacial score (nSPS) is 14.5. The molecule has 4 aliphatic carbocycles. The van der Waals surface area contributed by atoms with Gasteiger partial charge in [-0.2, -0.15) is 0 Å². The van der Waals surface area contributed by atoms with Crippen LogP contribution in [-0.4, -0.2) is 0 Å². The zero-order valence-corrected chi connectivity index (χ0v) is 40.6. The molecule has 0 radical (unpaired) electrons. The second kappa shape index (κ2) is 13.6. The van der Waals surface area contributed by atoms with Gasteiger partial charge in [-0.05, 0) is 150 Å². The summed E-state index contributed by atoms with van der Waals surface area (Å²) in [5, 5.41) is 6.44. The molecule has 0 unspecified atom stereocenters. The van der Waals surface area contributed by atoms with Gasteiger partial charge in [0.2, 0.25) is 0 Å². The fraction of sp³-hybridized carbons (Fsp3) is 0.0278. The zero-order chi connectivity index (χ0) is 49.2. The number of fused-ring (bicyclic) bond motifs is 30. The minimum atomic E-state index is -0.729. The number of para-hydroxylation sites is 4. The minimum Gasteiger partial charge on any atom is -0.456 e. The number of furan rings is 4. The van der Waals surface area contributed by atoms with Crippen molar-refractivity contribution in [2.75, 3.05) is 0 Å². The molecule has 2 spiro atoms. The molecule has 4 heteroatoms. The van der Waals surface area contributed by atoms with Gasteiger partial charge in [0.25, 0.3) is 0 Å². The van der Waals surface area contributed by atoms with Crippen molar-refractivity contribution in [2.24, 2.45) is 0 Å². The summed E-state index contributed by atoms with van der Waals surface area (Å²) in [7, 11) is 0. The molecule has 19 rings (SSSR count). The summed E-state index contributed by atoms with van der Waals surface area (Å²) in [6.07, 6.45) is 0. The standard InChI is InChI=1S/C72H38O4/c1-13-29-59-39(17-1)33-63(73-59)49-37-57-65(67-45-23-7-15-31-61(45)75-69(49)67)47-35-56-48(36-55(47)71(57)51-25-9-3-19-41(51)42-20-4-10-26-52(42)71)66-58(72(56)53-27-11-5-21-43(53)44-22-6-12-28-54(44)72)38-50(64-34-40-18-2-14-30-60(40)74-64)70-68(66)46-24-8-16-32-62(46)76-70/h1-38H. The summed E-state index contributed by atoms with van der Waals surface area (Å²) >= 11 is 0. The fourth-order valence-corrected chi connectivity index (χ4v) is 15.1. The second-order valence-electron chi connectivity index (χ2n) is 21.2. The van der Waals surface area contributed by atoms with Gasteiger partial charge in [-0.1, -0.05) is 170 Å². The molecule has 350 valence electrons. The van der Waals surface area contributed by atoms with E-state index < -0.39 is 10.8 Å². The molecule has 0 amide bonds. The van der Waals surface area contributed by atoms with Crippen LogP contribution in [0.3, 0.4) is 0 Å². The van der Waals surface area contributed by atoms with Crippen LogP contribution in [0.2, 0.25) is 0 Å². The quantitative estimate of drug-likeness (QED) is 0.173. The van der Waals surface area contributed by atoms with Crippen LogP contribution >= 0.6 is 0 Å². The monoisotopic (exact) mass is 966 g/mol. The Morgan fingerprint density at radius 1 is 0.237 bits per heavy atom. The Morgan fingerprint density at radius 3 is 0.961 bits per heavy atom. The van der Waals surface area contributed by atoms with Gasteiger partial charge in [-0.25, -0.2) is 0 Å². The van der Waals surface area contributed by atoms with E-state index in [2.05, 4.69) is 218 Å². The highest BCUT2D eigenvalue weighted by Crippen LogP contribution is 2.70. The Morgan fingerprint density at radius 2 is 0.566 bits per heavy atom. The Labute approximate surface area is 434 Å². The van der Waals surface area contributed by atoms with E-state index in [9.17, 15) is 0 Å². The third kappa shape index (κ3) is 4.50. The molecule has 0 saturated heterocycles. The fourth-order valence-electron chi connectivity index (χ4n) is 15.1. The van der Waals surface area contributed by atoms with E-state index in [0.29, 0.717) is 0 Å². The lowest BCUT2D eigenvalue weighted by Crippen LogP contribution is -2.27. The van der Waals surface area contributed by atoms with Gasteiger partial charge in [0.15, 0.2) is 0 Å². The van der Waals surface area contributed by atoms with Crippen LogP contribution < -0.4 is 0 Å². The van der Waals surface area contributed by atoms with Crippen LogP contribution in [0.5, 0.6) is 0 Å². The summed E-state index contributed by atoms with van der Waals surface area (Å²) in [6.45, 7) is 0. The van der Waals surface area contributed by atoms with Crippen molar-refractivity contribution in [3.63, 3.8) is 0 Å². The first-order valence-corrected chi connectivity index (χ1v) is 26.2. The van der Waals surface area contributed by atoms with Crippen LogP contribution in [0, 0.1) is 0 Å². The molecule has 76 heavy (non-hydrogen) atoms. The van der Waals surface area contributed by atoms with Crippen molar-refractivity contribution in [1.82, 2.24) is 0 Å². The molecule has 11 aromatic carbocycles. The van der Waals surface area contributed by atoms with E-state index in [1.807, 2.05) is 12.1 Å². The average Bonchev–Trinajstić information content (AvgIpc) is 4.54. The highest BCUT2D eigenvalue weighted by Gasteiger charge is 2.57. The van der Waals surface area contributed by atoms with E-state index in [1.54, 1.807) is 0 Å². The number of rotatable bonds is 2. The van der Waals surface area contributed by atoms with Crippen LogP contribution in [0.1, 0.15) is 44.5 Å². The summed E-state index contributed by atoms with van der Waals surface area (Å²) in [5.41, 5.74) is 25.2. The molecule has 4 nitrogen and oxygen atoms in total. The van der Waals surface area contributed by atoms with E-state index >= 15 is 0 Å². The maximum absolute atomic E-state index is 7.17. The van der Waals surface area contributed by atoms with Gasteiger partial charge >= 0.3 is 0 Å². The van der Waals surface area contributed by atoms with Crippen molar-refractivity contribution in [3.05, 3.63) is 275 Å². The van der Waals surface area contributed by atoms with Crippen molar-refractivity contribution < 1.29 is 17.7 Å². The molecular weight excluding hydrogens is 929 g/mol. The summed E-state index contributed by atoms with van der Waals surface area (Å²) in [4.78, 5) is 0. The molecule has 4 aromatic heterocycles. The van der Waals surface area contributed by atoms with Gasteiger partial charge in [0.1, 0.15) is 45.0 Å². The highest BCUT2D eigenvalue weighted by molar-refractivity contribution is 6.23. The van der Waals surface area contributed by atoms with E-state index in [1.165, 1.54) is 89.0 Å². The Balaban J connectivity index is 1.03. The van der Waals surface area contributed by atoms with Crippen molar-refractivity contribution in [2.45, 2.75) is 10.8 Å². The van der Waals surface area contributed by atoms with Crippen molar-refractivity contribution in [1.29, 1.82) is 0 Å². The lowest BCUT2D eigenvalue weighted by Gasteiger charge is -2.32. The van der Waals surface area contributed by atoms with Crippen molar-refractivity contribution >= 4 is 65.8 Å². The van der Waals surface area contributed by atoms with Crippen LogP contribution in [0.15, 0.2) is 248 Å². The molecule has 0 N–H and O–H groups in total. The Hall–Kier alpha value is -9.90. The topological polar surface area (TPSA) is 52.6 Å². The second-order valence-corrected chi connectivity index (χ2v) is 21.2. The first-order valence-electron chi connectivity index (χ1n) is 26.2. The zero-order valence-electron chi connectivity index (χ0n) is 40.6. The van der Waals surface area contributed by atoms with Crippen molar-refractivity contribution in [3.8, 4) is 67.2 Å². The smallest absolute Gasteiger partial charge is 0.147 e. The maximum atomic E-state index is 7.17. The largest absolute Gasteiger partial charge is 0.456 e. The first kappa shape index (κ1) is 39.6. The summed E-state index contributed by atoms with van der Waals surface area (Å²) in [5.74, 6) is 1.56. The Bertz CT molecular complexity index is 4660. The number of benzene rings is 11. The van der Waals surface area contributed by atoms with Gasteiger partial charge in [0.05, 0.1) is 22.0 Å². The maximum Gasteiger partial charge on any atom is 0.147 e. The van der Waals surface area contributed by atoms with Gasteiger partial charge in [0, 0.05) is 32.3 Å².